The third-order valence-electron chi connectivity index (χ3n) is 5.34. The second-order valence-corrected chi connectivity index (χ2v) is 8.74. The number of nitrogens with one attached hydrogen (secondary N) is 1. The summed E-state index contributed by atoms with van der Waals surface area (Å²) < 4.78 is 19.5. The predicted octanol–water partition coefficient (Wildman–Crippen LogP) is 6.15. The molecule has 0 spiro atoms. The molecule has 1 aliphatic heterocycles. The molecule has 178 valence electrons. The molecule has 1 heterocycles. The molecule has 2 N–H and O–H groups in total. The number of hydrogen-bond acceptors (Lipinski definition) is 5. The summed E-state index contributed by atoms with van der Waals surface area (Å²) in [6, 6.07) is 23.7. The molecule has 34 heavy (non-hydrogen) atoms. The molecule has 1 atom stereocenters. The Hall–Kier alpha value is -3.32. The maximum absolute atomic E-state index is 13.5. The summed E-state index contributed by atoms with van der Waals surface area (Å²) in [4.78, 5) is 13.2. The highest BCUT2D eigenvalue weighted by molar-refractivity contribution is 8.14. The second kappa shape index (κ2) is 13.4. The normalized spacial score (nSPS) is 14.5. The fourth-order valence-corrected chi connectivity index (χ4v) is 4.60. The molecule has 3 aromatic carbocycles. The largest absolute Gasteiger partial charge is 0.487 e. The number of carboxylic acid groups (broad SMARTS) is 1. The van der Waals surface area contributed by atoms with Gasteiger partial charge in [-0.1, -0.05) is 55.5 Å². The van der Waals surface area contributed by atoms with Crippen LogP contribution >= 0.6 is 11.8 Å². The molecule has 0 aromatic heterocycles. The van der Waals surface area contributed by atoms with Crippen LogP contribution in [0.2, 0.25) is 0 Å². The summed E-state index contributed by atoms with van der Waals surface area (Å²) in [6.07, 6.45) is 1.80. The van der Waals surface area contributed by atoms with Gasteiger partial charge in [-0.15, -0.1) is 11.8 Å². The lowest BCUT2D eigenvalue weighted by atomic mass is 10.1. The number of rotatable bonds is 9. The molecule has 0 saturated heterocycles. The van der Waals surface area contributed by atoms with Crippen molar-refractivity contribution in [3.05, 3.63) is 84.2 Å². The molecule has 0 aliphatic carbocycles. The number of ether oxygens (including phenoxy) is 1. The summed E-state index contributed by atoms with van der Waals surface area (Å²) in [6.45, 7) is 3.11. The van der Waals surface area contributed by atoms with Gasteiger partial charge in [0.05, 0.1) is 6.04 Å². The quantitative estimate of drug-likeness (QED) is 0.360. The van der Waals surface area contributed by atoms with Gasteiger partial charge in [0.2, 0.25) is 0 Å². The monoisotopic (exact) mass is 480 g/mol. The predicted molar refractivity (Wildman–Crippen MR) is 139 cm³/mol. The van der Waals surface area contributed by atoms with E-state index in [0.29, 0.717) is 6.61 Å². The van der Waals surface area contributed by atoms with Crippen LogP contribution in [0, 0.1) is 5.82 Å². The van der Waals surface area contributed by atoms with Gasteiger partial charge in [0.15, 0.2) is 0 Å². The lowest BCUT2D eigenvalue weighted by Crippen LogP contribution is -2.13. The standard InChI is InChI=1S/C26H27FN2OS.CH2O2/c1-2-19-8-11-22(27)16-25(19)28-15-14-23-18-31-26(29-23)17-30-24-12-9-21(10-13-24)20-6-4-3-5-7-20;2-1-3/h3-13,16,23,28H,2,14-15,17-18H2,1H3;1H,(H,2,3). The Balaban J connectivity index is 0.00000103. The van der Waals surface area contributed by atoms with Gasteiger partial charge in [-0.2, -0.15) is 0 Å². The maximum Gasteiger partial charge on any atom is 0.290 e. The topological polar surface area (TPSA) is 70.9 Å². The van der Waals surface area contributed by atoms with Crippen LogP contribution in [0.1, 0.15) is 18.9 Å². The van der Waals surface area contributed by atoms with Crippen molar-refractivity contribution in [3.63, 3.8) is 0 Å². The molecule has 1 aliphatic rings. The minimum absolute atomic E-state index is 0.203. The number of hydrogen-bond donors (Lipinski definition) is 2. The molecule has 0 radical (unpaired) electrons. The zero-order valence-corrected chi connectivity index (χ0v) is 19.9. The molecule has 5 nitrogen and oxygen atoms in total. The van der Waals surface area contributed by atoms with Crippen molar-refractivity contribution < 1.29 is 19.0 Å². The number of benzene rings is 3. The van der Waals surface area contributed by atoms with E-state index in [1.165, 1.54) is 17.2 Å². The molecule has 0 bridgehead atoms. The highest BCUT2D eigenvalue weighted by Gasteiger charge is 2.18. The third-order valence-corrected chi connectivity index (χ3v) is 6.45. The van der Waals surface area contributed by atoms with E-state index in [0.717, 1.165) is 47.2 Å². The molecular weight excluding hydrogens is 451 g/mol. The first-order chi connectivity index (χ1) is 16.6. The zero-order chi connectivity index (χ0) is 24.2. The van der Waals surface area contributed by atoms with E-state index in [1.807, 2.05) is 36.4 Å². The second-order valence-electron chi connectivity index (χ2n) is 7.64. The van der Waals surface area contributed by atoms with Gasteiger partial charge >= 0.3 is 0 Å². The van der Waals surface area contributed by atoms with E-state index in [-0.39, 0.29) is 18.3 Å². The molecule has 1 unspecified atom stereocenters. The lowest BCUT2D eigenvalue weighted by molar-refractivity contribution is -0.122. The van der Waals surface area contributed by atoms with Gasteiger partial charge in [-0.25, -0.2) is 4.39 Å². The van der Waals surface area contributed by atoms with Crippen LogP contribution < -0.4 is 10.1 Å². The van der Waals surface area contributed by atoms with Gasteiger partial charge < -0.3 is 15.2 Å². The van der Waals surface area contributed by atoms with E-state index >= 15 is 0 Å². The average Bonchev–Trinajstić information content (AvgIpc) is 3.32. The van der Waals surface area contributed by atoms with Crippen molar-refractivity contribution in [1.29, 1.82) is 0 Å². The highest BCUT2D eigenvalue weighted by Crippen LogP contribution is 2.25. The Morgan fingerprint density at radius 2 is 1.82 bits per heavy atom. The first-order valence-electron chi connectivity index (χ1n) is 11.2. The zero-order valence-electron chi connectivity index (χ0n) is 19.1. The summed E-state index contributed by atoms with van der Waals surface area (Å²) in [5.74, 6) is 1.62. The third kappa shape index (κ3) is 7.63. The van der Waals surface area contributed by atoms with Crippen molar-refractivity contribution >= 4 is 29.0 Å². The summed E-state index contributed by atoms with van der Waals surface area (Å²) in [5.41, 5.74) is 4.40. The smallest absolute Gasteiger partial charge is 0.290 e. The number of aliphatic imine (C=N–C) groups is 1. The van der Waals surface area contributed by atoms with Gasteiger partial charge in [-0.3, -0.25) is 9.79 Å². The van der Waals surface area contributed by atoms with Crippen molar-refractivity contribution in [2.75, 3.05) is 24.2 Å². The lowest BCUT2D eigenvalue weighted by Gasteiger charge is -2.12. The number of nitrogens with zero attached hydrogens (tertiary/aromatic N) is 1. The minimum Gasteiger partial charge on any atom is -0.487 e. The van der Waals surface area contributed by atoms with Gasteiger partial charge in [0.25, 0.3) is 6.47 Å². The van der Waals surface area contributed by atoms with E-state index < -0.39 is 0 Å². The van der Waals surface area contributed by atoms with Crippen LogP contribution in [0.25, 0.3) is 11.1 Å². The first kappa shape index (κ1) is 25.3. The minimum atomic E-state index is -0.250. The van der Waals surface area contributed by atoms with Gasteiger partial charge in [-0.05, 0) is 53.8 Å². The average molecular weight is 481 g/mol. The molecule has 3 aromatic rings. The fraction of sp³-hybridized carbons (Fsp3) is 0.259. The summed E-state index contributed by atoms with van der Waals surface area (Å²) >= 11 is 1.76. The van der Waals surface area contributed by atoms with Crippen molar-refractivity contribution in [2.45, 2.75) is 25.8 Å². The van der Waals surface area contributed by atoms with E-state index in [2.05, 4.69) is 36.5 Å². The van der Waals surface area contributed by atoms with Crippen LogP contribution in [0.3, 0.4) is 0 Å². The van der Waals surface area contributed by atoms with Crippen molar-refractivity contribution in [3.8, 4) is 16.9 Å². The van der Waals surface area contributed by atoms with Crippen molar-refractivity contribution in [2.24, 2.45) is 4.99 Å². The Morgan fingerprint density at radius 1 is 1.12 bits per heavy atom. The van der Waals surface area contributed by atoms with Gasteiger partial charge in [0.1, 0.15) is 23.2 Å². The van der Waals surface area contributed by atoms with Crippen LogP contribution in [-0.2, 0) is 11.2 Å². The summed E-state index contributed by atoms with van der Waals surface area (Å²) in [7, 11) is 0. The van der Waals surface area contributed by atoms with E-state index in [9.17, 15) is 4.39 Å². The number of halogens is 1. The van der Waals surface area contributed by atoms with Crippen LogP contribution in [0.4, 0.5) is 10.1 Å². The molecule has 7 heteroatoms. The maximum atomic E-state index is 13.5. The molecule has 0 amide bonds. The number of carbonyl (C=O) groups is 1. The SMILES string of the molecule is CCc1ccc(F)cc1NCCC1CSC(COc2ccc(-c3ccccc3)cc2)=N1.O=CO. The Labute approximate surface area is 204 Å². The number of aryl methyl sites for hydroxylation is 1. The number of thioether (sulfide) groups is 1. The molecule has 0 saturated carbocycles. The molecule has 0 fully saturated rings. The Morgan fingerprint density at radius 3 is 2.53 bits per heavy atom. The Kier molecular flexibility index (Phi) is 9.98. The van der Waals surface area contributed by atoms with E-state index in [1.54, 1.807) is 17.8 Å². The van der Waals surface area contributed by atoms with Gasteiger partial charge in [0, 0.05) is 18.0 Å². The van der Waals surface area contributed by atoms with Crippen LogP contribution in [-0.4, -0.2) is 41.6 Å². The Bertz CT molecular complexity index is 1070. The molecule has 4 rings (SSSR count). The number of anilines is 1. The summed E-state index contributed by atoms with van der Waals surface area (Å²) in [5, 5.41) is 11.3. The molecular formula is C27H29FN2O3S. The van der Waals surface area contributed by atoms with Crippen LogP contribution in [0.15, 0.2) is 77.8 Å². The first-order valence-corrected chi connectivity index (χ1v) is 12.2. The fourth-order valence-electron chi connectivity index (χ4n) is 3.61. The van der Waals surface area contributed by atoms with E-state index in [4.69, 9.17) is 19.6 Å². The van der Waals surface area contributed by atoms with Crippen LogP contribution in [0.5, 0.6) is 5.75 Å². The highest BCUT2D eigenvalue weighted by atomic mass is 32.2. The van der Waals surface area contributed by atoms with Crippen molar-refractivity contribution in [1.82, 2.24) is 0 Å².